The molecule has 0 bridgehead atoms. The van der Waals surface area contributed by atoms with E-state index in [0.717, 1.165) is 0 Å². The predicted molar refractivity (Wildman–Crippen MR) is 63.9 cm³/mol. The average molecular weight is 251 g/mol. The minimum atomic E-state index is -3.41. The number of amidine groups is 1. The first kappa shape index (κ1) is 15.2. The molecule has 4 N–H and O–H groups in total. The Kier molecular flexibility index (Phi) is 4.35. The van der Waals surface area contributed by atoms with Crippen LogP contribution < -0.4 is 10.5 Å². The molecule has 6 nitrogen and oxygen atoms in total. The van der Waals surface area contributed by atoms with E-state index in [1.165, 1.54) is 0 Å². The molecule has 0 rings (SSSR count). The fourth-order valence-corrected chi connectivity index (χ4v) is 1.70. The van der Waals surface area contributed by atoms with Crippen LogP contribution in [0.5, 0.6) is 0 Å². The van der Waals surface area contributed by atoms with Crippen molar-refractivity contribution in [3.8, 4) is 0 Å². The Balaban J connectivity index is 4.72. The number of nitrogens with one attached hydrogen (secondary N) is 1. The van der Waals surface area contributed by atoms with E-state index < -0.39 is 20.2 Å². The van der Waals surface area contributed by atoms with Gasteiger partial charge in [-0.3, -0.25) is 0 Å². The van der Waals surface area contributed by atoms with Crippen molar-refractivity contribution in [1.29, 1.82) is 0 Å². The number of sulfonamides is 1. The summed E-state index contributed by atoms with van der Waals surface area (Å²) in [4.78, 5) is 0. The van der Waals surface area contributed by atoms with E-state index in [-0.39, 0.29) is 12.4 Å². The Bertz CT molecular complexity index is 366. The van der Waals surface area contributed by atoms with Crippen LogP contribution in [0.25, 0.3) is 0 Å². The zero-order valence-electron chi connectivity index (χ0n) is 10.4. The lowest BCUT2D eigenvalue weighted by molar-refractivity contribution is 0.307. The molecule has 0 saturated heterocycles. The first-order valence-electron chi connectivity index (χ1n) is 4.91. The van der Waals surface area contributed by atoms with Crippen LogP contribution in [0.3, 0.4) is 0 Å². The van der Waals surface area contributed by atoms with Crippen molar-refractivity contribution in [3.05, 3.63) is 0 Å². The standard InChI is InChI=1S/C9H21N3O3S/c1-8(2,3)16(14,15)11-6-9(4,5)7(10)12-13/h11,13H,6H2,1-5H3,(H2,10,12). The third-order valence-corrected chi connectivity index (χ3v) is 4.45. The minimum absolute atomic E-state index is 0.0101. The predicted octanol–water partition coefficient (Wildman–Crippen LogP) is 0.477. The summed E-state index contributed by atoms with van der Waals surface area (Å²) in [6, 6.07) is 0. The maximum atomic E-state index is 11.8. The summed E-state index contributed by atoms with van der Waals surface area (Å²) in [5.74, 6) is -0.0101. The average Bonchev–Trinajstić information content (AvgIpc) is 2.12. The molecule has 0 aromatic rings. The first-order chi connectivity index (χ1) is 6.94. The number of hydrogen-bond acceptors (Lipinski definition) is 4. The Morgan fingerprint density at radius 3 is 2.06 bits per heavy atom. The van der Waals surface area contributed by atoms with Crippen molar-refractivity contribution in [2.24, 2.45) is 16.3 Å². The number of oxime groups is 1. The molecule has 0 aromatic heterocycles. The molecule has 96 valence electrons. The lowest BCUT2D eigenvalue weighted by Gasteiger charge is -2.26. The second kappa shape index (κ2) is 4.58. The van der Waals surface area contributed by atoms with Crippen molar-refractivity contribution in [3.63, 3.8) is 0 Å². The smallest absolute Gasteiger partial charge is 0.216 e. The van der Waals surface area contributed by atoms with Gasteiger partial charge in [0.15, 0.2) is 0 Å². The summed E-state index contributed by atoms with van der Waals surface area (Å²) < 4.78 is 25.1. The Hall–Kier alpha value is -0.820. The fraction of sp³-hybridized carbons (Fsp3) is 0.889. The van der Waals surface area contributed by atoms with E-state index >= 15 is 0 Å². The quantitative estimate of drug-likeness (QED) is 0.292. The van der Waals surface area contributed by atoms with Crippen LogP contribution in [0.4, 0.5) is 0 Å². The minimum Gasteiger partial charge on any atom is -0.409 e. The Morgan fingerprint density at radius 2 is 1.75 bits per heavy atom. The molecule has 0 aliphatic heterocycles. The van der Waals surface area contributed by atoms with Crippen molar-refractivity contribution in [2.75, 3.05) is 6.54 Å². The lowest BCUT2D eigenvalue weighted by Crippen LogP contribution is -2.47. The Morgan fingerprint density at radius 1 is 1.31 bits per heavy atom. The van der Waals surface area contributed by atoms with Crippen LogP contribution in [0.1, 0.15) is 34.6 Å². The zero-order valence-corrected chi connectivity index (χ0v) is 11.2. The van der Waals surface area contributed by atoms with Gasteiger partial charge in [-0.1, -0.05) is 19.0 Å². The van der Waals surface area contributed by atoms with Gasteiger partial charge in [0.05, 0.1) is 4.75 Å². The summed E-state index contributed by atoms with van der Waals surface area (Å²) in [6.45, 7) is 8.27. The highest BCUT2D eigenvalue weighted by molar-refractivity contribution is 7.90. The van der Waals surface area contributed by atoms with Crippen LogP contribution in [0.15, 0.2) is 5.16 Å². The zero-order chi connectivity index (χ0) is 13.2. The summed E-state index contributed by atoms with van der Waals surface area (Å²) in [5.41, 5.74) is 4.73. The van der Waals surface area contributed by atoms with Gasteiger partial charge in [0.1, 0.15) is 5.84 Å². The highest BCUT2D eigenvalue weighted by Crippen LogP contribution is 2.17. The molecule has 0 heterocycles. The van der Waals surface area contributed by atoms with Gasteiger partial charge in [-0.15, -0.1) is 0 Å². The van der Waals surface area contributed by atoms with Crippen molar-refractivity contribution in [2.45, 2.75) is 39.4 Å². The molecule has 16 heavy (non-hydrogen) atoms. The molecular weight excluding hydrogens is 230 g/mol. The number of nitrogens with two attached hydrogens (primary N) is 1. The molecule has 0 aromatic carbocycles. The van der Waals surface area contributed by atoms with Crippen molar-refractivity contribution >= 4 is 15.9 Å². The SMILES string of the molecule is CC(C)(CNS(=O)(=O)C(C)(C)C)C(N)=NO. The fourth-order valence-electron chi connectivity index (χ4n) is 0.718. The van der Waals surface area contributed by atoms with E-state index in [2.05, 4.69) is 9.88 Å². The Labute approximate surface area is 97.0 Å². The third kappa shape index (κ3) is 3.64. The topological polar surface area (TPSA) is 105 Å². The van der Waals surface area contributed by atoms with Crippen LogP contribution >= 0.6 is 0 Å². The molecule has 0 saturated carbocycles. The van der Waals surface area contributed by atoms with Crippen LogP contribution in [0, 0.1) is 5.41 Å². The molecule has 0 spiro atoms. The maximum Gasteiger partial charge on any atom is 0.216 e. The molecular formula is C9H21N3O3S. The third-order valence-electron chi connectivity index (χ3n) is 2.31. The van der Waals surface area contributed by atoms with Gasteiger partial charge in [-0.05, 0) is 20.8 Å². The molecule has 0 aliphatic rings. The molecule has 0 unspecified atom stereocenters. The molecule has 0 radical (unpaired) electrons. The largest absolute Gasteiger partial charge is 0.409 e. The van der Waals surface area contributed by atoms with Crippen LogP contribution in [-0.4, -0.2) is 30.8 Å². The highest BCUT2D eigenvalue weighted by atomic mass is 32.2. The lowest BCUT2D eigenvalue weighted by atomic mass is 9.93. The highest BCUT2D eigenvalue weighted by Gasteiger charge is 2.32. The van der Waals surface area contributed by atoms with Crippen LogP contribution in [0.2, 0.25) is 0 Å². The number of rotatable bonds is 4. The van der Waals surface area contributed by atoms with E-state index in [1.54, 1.807) is 34.6 Å². The summed E-state index contributed by atoms with van der Waals surface area (Å²) in [7, 11) is -3.41. The van der Waals surface area contributed by atoms with E-state index in [9.17, 15) is 8.42 Å². The first-order valence-corrected chi connectivity index (χ1v) is 6.39. The van der Waals surface area contributed by atoms with E-state index in [1.807, 2.05) is 0 Å². The number of nitrogens with zero attached hydrogens (tertiary/aromatic N) is 1. The molecule has 0 aliphatic carbocycles. The van der Waals surface area contributed by atoms with Gasteiger partial charge in [0.2, 0.25) is 10.0 Å². The van der Waals surface area contributed by atoms with E-state index in [0.29, 0.717) is 0 Å². The van der Waals surface area contributed by atoms with Crippen molar-refractivity contribution < 1.29 is 13.6 Å². The van der Waals surface area contributed by atoms with Gasteiger partial charge < -0.3 is 10.9 Å². The summed E-state index contributed by atoms with van der Waals surface area (Å²) in [6.07, 6.45) is 0. The summed E-state index contributed by atoms with van der Waals surface area (Å²) >= 11 is 0. The monoisotopic (exact) mass is 251 g/mol. The maximum absolute atomic E-state index is 11.8. The summed E-state index contributed by atoms with van der Waals surface area (Å²) in [5, 5.41) is 11.4. The molecule has 0 atom stereocenters. The van der Waals surface area contributed by atoms with Gasteiger partial charge in [-0.2, -0.15) is 0 Å². The molecule has 0 fully saturated rings. The van der Waals surface area contributed by atoms with Gasteiger partial charge in [0, 0.05) is 12.0 Å². The van der Waals surface area contributed by atoms with Crippen LogP contribution in [-0.2, 0) is 10.0 Å². The molecule has 0 amide bonds. The second-order valence-corrected chi connectivity index (χ2v) is 7.83. The molecule has 7 heteroatoms. The van der Waals surface area contributed by atoms with Gasteiger partial charge in [0.25, 0.3) is 0 Å². The number of hydrogen-bond donors (Lipinski definition) is 3. The van der Waals surface area contributed by atoms with E-state index in [4.69, 9.17) is 10.9 Å². The second-order valence-electron chi connectivity index (χ2n) is 5.31. The van der Waals surface area contributed by atoms with Gasteiger partial charge >= 0.3 is 0 Å². The van der Waals surface area contributed by atoms with Gasteiger partial charge in [-0.25, -0.2) is 13.1 Å². The van der Waals surface area contributed by atoms with Crippen molar-refractivity contribution in [1.82, 2.24) is 4.72 Å². The normalized spacial score (nSPS) is 15.2.